The number of unbranched alkanes of at least 4 members (excludes halogenated alkanes) is 3. The molecule has 0 amide bonds. The molecule has 0 saturated carbocycles. The van der Waals surface area contributed by atoms with Gasteiger partial charge >= 0.3 is 0 Å². The average molecular weight is 282 g/mol. The van der Waals surface area contributed by atoms with E-state index in [2.05, 4.69) is 6.92 Å². The zero-order valence-electron chi connectivity index (χ0n) is 12.5. The van der Waals surface area contributed by atoms with Crippen LogP contribution < -0.4 is 5.43 Å². The van der Waals surface area contributed by atoms with E-state index in [1.807, 2.05) is 16.5 Å². The summed E-state index contributed by atoms with van der Waals surface area (Å²) >= 11 is 0. The lowest BCUT2D eigenvalue weighted by Gasteiger charge is -2.19. The number of aromatic hydroxyl groups is 1. The van der Waals surface area contributed by atoms with E-state index in [9.17, 15) is 9.90 Å². The number of aryl methyl sites for hydroxylation is 1. The molecule has 0 aliphatic heterocycles. The van der Waals surface area contributed by atoms with E-state index in [0.717, 1.165) is 25.1 Å². The van der Waals surface area contributed by atoms with Crippen LogP contribution in [0, 0.1) is 0 Å². The monoisotopic (exact) mass is 282 g/mol. The molecule has 5 nitrogen and oxygen atoms in total. The summed E-state index contributed by atoms with van der Waals surface area (Å²) in [5.41, 5.74) is 0.530. The van der Waals surface area contributed by atoms with Crippen LogP contribution in [-0.2, 0) is 13.1 Å². The molecule has 5 heteroatoms. The SMILES string of the molecule is CCCCCCn1cc(O)c(=O)cc1CN(C)CCO. The maximum atomic E-state index is 11.6. The zero-order chi connectivity index (χ0) is 15.0. The Labute approximate surface area is 120 Å². The zero-order valence-corrected chi connectivity index (χ0v) is 12.5. The van der Waals surface area contributed by atoms with E-state index in [1.54, 1.807) is 0 Å². The van der Waals surface area contributed by atoms with Gasteiger partial charge in [-0.2, -0.15) is 0 Å². The number of hydrogen-bond acceptors (Lipinski definition) is 4. The highest BCUT2D eigenvalue weighted by Crippen LogP contribution is 2.10. The number of aromatic nitrogens is 1. The van der Waals surface area contributed by atoms with Crippen LogP contribution in [0.2, 0.25) is 0 Å². The number of rotatable bonds is 9. The molecule has 0 aliphatic rings. The molecule has 20 heavy (non-hydrogen) atoms. The summed E-state index contributed by atoms with van der Waals surface area (Å²) in [5.74, 6) is -0.200. The van der Waals surface area contributed by atoms with Crippen molar-refractivity contribution in [1.82, 2.24) is 9.47 Å². The van der Waals surface area contributed by atoms with Crippen LogP contribution in [0.5, 0.6) is 5.75 Å². The summed E-state index contributed by atoms with van der Waals surface area (Å²) in [7, 11) is 1.90. The van der Waals surface area contributed by atoms with Gasteiger partial charge in [0.05, 0.1) is 12.8 Å². The molecule has 0 bridgehead atoms. The first-order valence-corrected chi connectivity index (χ1v) is 7.30. The molecule has 0 aromatic carbocycles. The standard InChI is InChI=1S/C15H26N2O3/c1-3-4-5-6-7-17-12-15(20)14(19)10-13(17)11-16(2)8-9-18/h10,12,18,20H,3-9,11H2,1-2H3. The molecule has 0 spiro atoms. The van der Waals surface area contributed by atoms with Crippen molar-refractivity contribution in [2.24, 2.45) is 0 Å². The third kappa shape index (κ3) is 5.35. The van der Waals surface area contributed by atoms with Crippen molar-refractivity contribution >= 4 is 0 Å². The number of hydrogen-bond donors (Lipinski definition) is 2. The van der Waals surface area contributed by atoms with Gasteiger partial charge in [0.15, 0.2) is 5.75 Å². The van der Waals surface area contributed by atoms with Crippen LogP contribution in [0.15, 0.2) is 17.1 Å². The lowest BCUT2D eigenvalue weighted by Crippen LogP contribution is -2.25. The number of aliphatic hydroxyl groups excluding tert-OH is 1. The summed E-state index contributed by atoms with van der Waals surface area (Å²) in [6.07, 6.45) is 6.09. The largest absolute Gasteiger partial charge is 0.503 e. The first-order valence-electron chi connectivity index (χ1n) is 7.30. The van der Waals surface area contributed by atoms with E-state index >= 15 is 0 Å². The average Bonchev–Trinajstić information content (AvgIpc) is 2.40. The minimum atomic E-state index is -0.345. The van der Waals surface area contributed by atoms with Crippen LogP contribution in [0.4, 0.5) is 0 Å². The van der Waals surface area contributed by atoms with Crippen LogP contribution >= 0.6 is 0 Å². The highest BCUT2D eigenvalue weighted by atomic mass is 16.3. The maximum Gasteiger partial charge on any atom is 0.223 e. The molecule has 1 aromatic heterocycles. The summed E-state index contributed by atoms with van der Waals surface area (Å²) in [5, 5.41) is 18.5. The van der Waals surface area contributed by atoms with Gasteiger partial charge in [0, 0.05) is 31.4 Å². The van der Waals surface area contributed by atoms with Crippen molar-refractivity contribution in [1.29, 1.82) is 0 Å². The minimum Gasteiger partial charge on any atom is -0.503 e. The lowest BCUT2D eigenvalue weighted by atomic mass is 10.2. The van der Waals surface area contributed by atoms with Crippen molar-refractivity contribution in [2.75, 3.05) is 20.2 Å². The van der Waals surface area contributed by atoms with Gasteiger partial charge in [-0.15, -0.1) is 0 Å². The summed E-state index contributed by atoms with van der Waals surface area (Å²) < 4.78 is 1.94. The molecule has 1 aromatic rings. The fraction of sp³-hybridized carbons (Fsp3) is 0.667. The second-order valence-corrected chi connectivity index (χ2v) is 5.23. The smallest absolute Gasteiger partial charge is 0.223 e. The van der Waals surface area contributed by atoms with Crippen molar-refractivity contribution in [2.45, 2.75) is 45.7 Å². The molecule has 0 aliphatic carbocycles. The van der Waals surface area contributed by atoms with Crippen molar-refractivity contribution < 1.29 is 10.2 Å². The molecular formula is C15H26N2O3. The van der Waals surface area contributed by atoms with Crippen LogP contribution in [0.3, 0.4) is 0 Å². The Hall–Kier alpha value is -1.33. The Morgan fingerprint density at radius 2 is 2.05 bits per heavy atom. The van der Waals surface area contributed by atoms with Gasteiger partial charge in [0.1, 0.15) is 0 Å². The molecule has 0 radical (unpaired) electrons. The predicted octanol–water partition coefficient (Wildman–Crippen LogP) is 1.56. The molecule has 1 rings (SSSR count). The third-order valence-electron chi connectivity index (χ3n) is 3.36. The molecule has 0 saturated heterocycles. The number of likely N-dealkylation sites (N-methyl/N-ethyl adjacent to an activating group) is 1. The fourth-order valence-electron chi connectivity index (χ4n) is 2.18. The van der Waals surface area contributed by atoms with Crippen molar-refractivity contribution in [3.8, 4) is 5.75 Å². The van der Waals surface area contributed by atoms with Gasteiger partial charge in [-0.25, -0.2) is 0 Å². The van der Waals surface area contributed by atoms with Gasteiger partial charge in [-0.3, -0.25) is 9.69 Å². The first kappa shape index (κ1) is 16.7. The summed E-state index contributed by atoms with van der Waals surface area (Å²) in [4.78, 5) is 13.5. The van der Waals surface area contributed by atoms with Crippen LogP contribution in [0.1, 0.15) is 38.3 Å². The Bertz CT molecular complexity index is 457. The van der Waals surface area contributed by atoms with Crippen LogP contribution in [-0.4, -0.2) is 39.9 Å². The Kier molecular flexibility index (Phi) is 7.33. The normalized spacial score (nSPS) is 11.2. The quantitative estimate of drug-likeness (QED) is 0.675. The lowest BCUT2D eigenvalue weighted by molar-refractivity contribution is 0.214. The second-order valence-electron chi connectivity index (χ2n) is 5.23. The van der Waals surface area contributed by atoms with E-state index in [0.29, 0.717) is 13.1 Å². The van der Waals surface area contributed by atoms with E-state index in [-0.39, 0.29) is 17.8 Å². The highest BCUT2D eigenvalue weighted by Gasteiger charge is 2.08. The van der Waals surface area contributed by atoms with Crippen molar-refractivity contribution in [3.05, 3.63) is 28.2 Å². The topological polar surface area (TPSA) is 65.7 Å². The maximum absolute atomic E-state index is 11.6. The molecule has 2 N–H and O–H groups in total. The molecule has 1 heterocycles. The third-order valence-corrected chi connectivity index (χ3v) is 3.36. The minimum absolute atomic E-state index is 0.0926. The summed E-state index contributed by atoms with van der Waals surface area (Å²) in [6, 6.07) is 1.49. The van der Waals surface area contributed by atoms with Crippen molar-refractivity contribution in [3.63, 3.8) is 0 Å². The van der Waals surface area contributed by atoms with Gasteiger partial charge in [-0.05, 0) is 13.5 Å². The molecule has 0 atom stereocenters. The van der Waals surface area contributed by atoms with Gasteiger partial charge in [0.2, 0.25) is 5.43 Å². The van der Waals surface area contributed by atoms with E-state index in [1.165, 1.54) is 25.1 Å². The van der Waals surface area contributed by atoms with E-state index < -0.39 is 0 Å². The Balaban J connectivity index is 2.78. The van der Waals surface area contributed by atoms with E-state index in [4.69, 9.17) is 5.11 Å². The summed E-state index contributed by atoms with van der Waals surface area (Å²) in [6.45, 7) is 4.21. The molecule has 114 valence electrons. The number of aliphatic hydroxyl groups is 1. The second kappa shape index (κ2) is 8.76. The van der Waals surface area contributed by atoms with Gasteiger partial charge < -0.3 is 14.8 Å². The number of nitrogens with zero attached hydrogens (tertiary/aromatic N) is 2. The van der Waals surface area contributed by atoms with Gasteiger partial charge in [0.25, 0.3) is 0 Å². The number of pyridine rings is 1. The van der Waals surface area contributed by atoms with Crippen LogP contribution in [0.25, 0.3) is 0 Å². The molecular weight excluding hydrogens is 256 g/mol. The molecule has 0 fully saturated rings. The predicted molar refractivity (Wildman–Crippen MR) is 79.9 cm³/mol. The first-order chi connectivity index (χ1) is 9.58. The highest BCUT2D eigenvalue weighted by molar-refractivity contribution is 5.20. The Morgan fingerprint density at radius 1 is 1.30 bits per heavy atom. The molecule has 0 unspecified atom stereocenters. The fourth-order valence-corrected chi connectivity index (χ4v) is 2.18. The Morgan fingerprint density at radius 3 is 2.70 bits per heavy atom. The van der Waals surface area contributed by atoms with Gasteiger partial charge in [-0.1, -0.05) is 26.2 Å².